The van der Waals surface area contributed by atoms with E-state index in [1.165, 1.54) is 0 Å². The highest BCUT2D eigenvalue weighted by atomic mass is 32.2. The average Bonchev–Trinajstić information content (AvgIpc) is 2.76. The number of hydrogen-bond acceptors (Lipinski definition) is 8. The van der Waals surface area contributed by atoms with Crippen molar-refractivity contribution in [3.63, 3.8) is 0 Å². The monoisotopic (exact) mass is 445 g/mol. The van der Waals surface area contributed by atoms with Gasteiger partial charge in [-0.1, -0.05) is 0 Å². The number of nitrogens with one attached hydrogen (secondary N) is 1. The Kier molecular flexibility index (Phi) is 5.52. The molecule has 2 heterocycles. The minimum atomic E-state index is -3.60. The van der Waals surface area contributed by atoms with Crippen molar-refractivity contribution in [1.82, 2.24) is 9.97 Å². The summed E-state index contributed by atoms with van der Waals surface area (Å²) < 4.78 is 31.7. The van der Waals surface area contributed by atoms with Gasteiger partial charge >= 0.3 is 0 Å². The molecule has 4 rings (SSSR count). The van der Waals surface area contributed by atoms with Crippen LogP contribution in [0.4, 0.5) is 11.6 Å². The van der Waals surface area contributed by atoms with Gasteiger partial charge in [0.25, 0.3) is 0 Å². The Balaban J connectivity index is 1.80. The number of anilines is 2. The van der Waals surface area contributed by atoms with Gasteiger partial charge in [-0.15, -0.1) is 0 Å². The maximum absolute atomic E-state index is 12.8. The summed E-state index contributed by atoms with van der Waals surface area (Å²) >= 11 is 0. The van der Waals surface area contributed by atoms with Crippen LogP contribution in [0.3, 0.4) is 0 Å². The number of rotatable bonds is 4. The minimum absolute atomic E-state index is 0.00739. The fourth-order valence-electron chi connectivity index (χ4n) is 3.64. The van der Waals surface area contributed by atoms with Crippen molar-refractivity contribution in [1.29, 1.82) is 10.5 Å². The Hall–Kier alpha value is -3.95. The van der Waals surface area contributed by atoms with Crippen LogP contribution in [-0.4, -0.2) is 24.1 Å². The van der Waals surface area contributed by atoms with Crippen LogP contribution in [0, 0.1) is 36.5 Å². The Bertz CT molecular complexity index is 1380. The summed E-state index contributed by atoms with van der Waals surface area (Å²) in [4.78, 5) is 8.83. The van der Waals surface area contributed by atoms with E-state index in [2.05, 4.69) is 27.4 Å². The number of ether oxygens (including phenoxy) is 1. The number of sulfone groups is 1. The van der Waals surface area contributed by atoms with E-state index in [-0.39, 0.29) is 22.5 Å². The Morgan fingerprint density at radius 1 is 1.00 bits per heavy atom. The first-order valence-electron chi connectivity index (χ1n) is 9.91. The molecule has 1 aromatic heterocycles. The lowest BCUT2D eigenvalue weighted by Crippen LogP contribution is -2.20. The highest BCUT2D eigenvalue weighted by Gasteiger charge is 2.32. The van der Waals surface area contributed by atoms with Crippen LogP contribution in [0.15, 0.2) is 41.3 Å². The van der Waals surface area contributed by atoms with Crippen molar-refractivity contribution in [3.8, 4) is 23.8 Å². The molecule has 8 nitrogen and oxygen atoms in total. The Morgan fingerprint density at radius 3 is 2.28 bits per heavy atom. The molecule has 160 valence electrons. The molecule has 0 bridgehead atoms. The van der Waals surface area contributed by atoms with E-state index >= 15 is 0 Å². The van der Waals surface area contributed by atoms with Crippen LogP contribution in [0.1, 0.15) is 34.4 Å². The highest BCUT2D eigenvalue weighted by Crippen LogP contribution is 2.37. The van der Waals surface area contributed by atoms with Crippen LogP contribution in [0.25, 0.3) is 0 Å². The fraction of sp³-hybridized carbons (Fsp3) is 0.217. The third-order valence-corrected chi connectivity index (χ3v) is 6.96. The molecule has 0 atom stereocenters. The van der Waals surface area contributed by atoms with Crippen LogP contribution in [-0.2, 0) is 16.3 Å². The van der Waals surface area contributed by atoms with Crippen LogP contribution in [0.5, 0.6) is 11.6 Å². The van der Waals surface area contributed by atoms with Gasteiger partial charge in [-0.2, -0.15) is 15.5 Å². The molecule has 1 aliphatic heterocycles. The number of aromatic nitrogens is 2. The summed E-state index contributed by atoms with van der Waals surface area (Å²) in [5.41, 5.74) is 3.46. The molecule has 32 heavy (non-hydrogen) atoms. The SMILES string of the molecule is Cc1cc(C#N)cc(C)c1Oc1nc(Nc2ccc(C#N)cc2)nc2c1S(=O)(=O)CCC2. The molecule has 9 heteroatoms. The largest absolute Gasteiger partial charge is 0.437 e. The molecular formula is C23H19N5O3S. The van der Waals surface area contributed by atoms with Gasteiger partial charge in [-0.05, 0) is 74.2 Å². The molecule has 0 fully saturated rings. The summed E-state index contributed by atoms with van der Waals surface area (Å²) in [5.74, 6) is 0.620. The molecule has 0 saturated carbocycles. The second-order valence-electron chi connectivity index (χ2n) is 7.52. The maximum Gasteiger partial charge on any atom is 0.243 e. The highest BCUT2D eigenvalue weighted by molar-refractivity contribution is 7.91. The zero-order valence-electron chi connectivity index (χ0n) is 17.5. The smallest absolute Gasteiger partial charge is 0.243 e. The van der Waals surface area contributed by atoms with Gasteiger partial charge in [0.2, 0.25) is 11.8 Å². The summed E-state index contributed by atoms with van der Waals surface area (Å²) in [7, 11) is -3.60. The summed E-state index contributed by atoms with van der Waals surface area (Å²) in [5, 5.41) is 21.2. The minimum Gasteiger partial charge on any atom is -0.437 e. The summed E-state index contributed by atoms with van der Waals surface area (Å²) in [6.07, 6.45) is 0.956. The third-order valence-electron chi connectivity index (χ3n) is 5.10. The fourth-order valence-corrected chi connectivity index (χ4v) is 5.23. The van der Waals surface area contributed by atoms with E-state index < -0.39 is 9.84 Å². The van der Waals surface area contributed by atoms with E-state index in [1.807, 2.05) is 0 Å². The van der Waals surface area contributed by atoms with E-state index in [4.69, 9.17) is 10.00 Å². The van der Waals surface area contributed by atoms with Gasteiger partial charge in [-0.3, -0.25) is 0 Å². The second kappa shape index (κ2) is 8.29. The molecule has 0 saturated heterocycles. The normalized spacial score (nSPS) is 14.0. The van der Waals surface area contributed by atoms with Gasteiger partial charge in [-0.25, -0.2) is 13.4 Å². The van der Waals surface area contributed by atoms with Gasteiger partial charge in [0.1, 0.15) is 5.75 Å². The van der Waals surface area contributed by atoms with Crippen molar-refractivity contribution in [2.45, 2.75) is 31.6 Å². The summed E-state index contributed by atoms with van der Waals surface area (Å²) in [6, 6.07) is 14.3. The molecule has 0 unspecified atom stereocenters. The van der Waals surface area contributed by atoms with Crippen LogP contribution >= 0.6 is 0 Å². The van der Waals surface area contributed by atoms with Crippen molar-refractivity contribution >= 4 is 21.5 Å². The molecular weight excluding hydrogens is 426 g/mol. The standard InChI is InChI=1S/C23H19N5O3S/c1-14-10-17(13-25)11-15(2)20(14)31-22-21-19(4-3-9-32(21,29)30)27-23(28-22)26-18-7-5-16(12-24)6-8-18/h5-8,10-11H,3-4,9H2,1-2H3,(H,26,27,28). The Labute approximate surface area is 186 Å². The van der Waals surface area contributed by atoms with Crippen molar-refractivity contribution < 1.29 is 13.2 Å². The number of benzene rings is 2. The molecule has 0 aliphatic carbocycles. The van der Waals surface area contributed by atoms with Gasteiger partial charge in [0.15, 0.2) is 14.7 Å². The number of hydrogen-bond donors (Lipinski definition) is 1. The second-order valence-corrected chi connectivity index (χ2v) is 9.56. The quantitative estimate of drug-likeness (QED) is 0.636. The predicted molar refractivity (Wildman–Crippen MR) is 118 cm³/mol. The van der Waals surface area contributed by atoms with Crippen molar-refractivity contribution in [2.24, 2.45) is 0 Å². The van der Waals surface area contributed by atoms with E-state index in [0.717, 1.165) is 0 Å². The first-order valence-corrected chi connectivity index (χ1v) is 11.6. The number of aryl methyl sites for hydroxylation is 3. The van der Waals surface area contributed by atoms with Gasteiger partial charge < -0.3 is 10.1 Å². The van der Waals surface area contributed by atoms with E-state index in [0.29, 0.717) is 52.2 Å². The van der Waals surface area contributed by atoms with Crippen LogP contribution in [0.2, 0.25) is 0 Å². The molecule has 3 aromatic rings. The molecule has 1 aliphatic rings. The van der Waals surface area contributed by atoms with Crippen molar-refractivity contribution in [2.75, 3.05) is 11.1 Å². The lowest BCUT2D eigenvalue weighted by atomic mass is 10.1. The van der Waals surface area contributed by atoms with E-state index in [9.17, 15) is 13.7 Å². The van der Waals surface area contributed by atoms with Crippen LogP contribution < -0.4 is 10.1 Å². The molecule has 2 aromatic carbocycles. The molecule has 1 N–H and O–H groups in total. The first kappa shape index (κ1) is 21.3. The lowest BCUT2D eigenvalue weighted by Gasteiger charge is -2.20. The number of fused-ring (bicyclic) bond motifs is 1. The molecule has 0 radical (unpaired) electrons. The number of nitrogens with zero attached hydrogens (tertiary/aromatic N) is 4. The zero-order valence-corrected chi connectivity index (χ0v) is 18.3. The lowest BCUT2D eigenvalue weighted by molar-refractivity contribution is 0.435. The predicted octanol–water partition coefficient (Wildman–Crippen LogP) is 4.09. The third kappa shape index (κ3) is 4.11. The topological polar surface area (TPSA) is 129 Å². The maximum atomic E-state index is 12.8. The van der Waals surface area contributed by atoms with Crippen molar-refractivity contribution in [3.05, 3.63) is 64.3 Å². The molecule has 0 amide bonds. The number of nitriles is 2. The Morgan fingerprint density at radius 2 is 1.66 bits per heavy atom. The average molecular weight is 446 g/mol. The summed E-state index contributed by atoms with van der Waals surface area (Å²) in [6.45, 7) is 3.59. The van der Waals surface area contributed by atoms with E-state index in [1.54, 1.807) is 50.2 Å². The first-order chi connectivity index (χ1) is 15.3. The van der Waals surface area contributed by atoms with Gasteiger partial charge in [0, 0.05) is 5.69 Å². The molecule has 0 spiro atoms. The van der Waals surface area contributed by atoms with Gasteiger partial charge in [0.05, 0.1) is 34.7 Å². The zero-order chi connectivity index (χ0) is 22.9.